The lowest BCUT2D eigenvalue weighted by molar-refractivity contribution is -0.133. The maximum atomic E-state index is 12.9. The summed E-state index contributed by atoms with van der Waals surface area (Å²) in [6.45, 7) is 0. The molecule has 118 valence electrons. The molecule has 0 aliphatic heterocycles. The van der Waals surface area contributed by atoms with Gasteiger partial charge in [-0.25, -0.2) is 8.78 Å². The predicted molar refractivity (Wildman–Crippen MR) is 81.9 cm³/mol. The second-order valence-corrected chi connectivity index (χ2v) is 6.03. The van der Waals surface area contributed by atoms with Crippen LogP contribution in [0.1, 0.15) is 24.0 Å². The van der Waals surface area contributed by atoms with Gasteiger partial charge in [0.2, 0.25) is 0 Å². The molecule has 23 heavy (non-hydrogen) atoms. The minimum absolute atomic E-state index is 0.115. The second kappa shape index (κ2) is 6.03. The monoisotopic (exact) mass is 314 g/mol. The van der Waals surface area contributed by atoms with E-state index in [-0.39, 0.29) is 36.0 Å². The highest BCUT2D eigenvalue weighted by Gasteiger charge is 2.54. The highest BCUT2D eigenvalue weighted by molar-refractivity contribution is 6.10. The summed E-state index contributed by atoms with van der Waals surface area (Å²) in [5, 5.41) is 0. The lowest BCUT2D eigenvalue weighted by Crippen LogP contribution is -2.28. The van der Waals surface area contributed by atoms with Crippen LogP contribution in [0.3, 0.4) is 0 Å². The summed E-state index contributed by atoms with van der Waals surface area (Å²) in [4.78, 5) is 25.0. The van der Waals surface area contributed by atoms with Gasteiger partial charge in [-0.05, 0) is 48.2 Å². The van der Waals surface area contributed by atoms with Crippen molar-refractivity contribution in [2.45, 2.75) is 25.7 Å². The zero-order valence-corrected chi connectivity index (χ0v) is 12.5. The fourth-order valence-corrected chi connectivity index (χ4v) is 2.75. The van der Waals surface area contributed by atoms with Gasteiger partial charge >= 0.3 is 0 Å². The predicted octanol–water partition coefficient (Wildman–Crippen LogP) is 3.67. The topological polar surface area (TPSA) is 34.1 Å². The van der Waals surface area contributed by atoms with Crippen molar-refractivity contribution in [1.82, 2.24) is 0 Å². The molecule has 4 heteroatoms. The number of benzene rings is 2. The van der Waals surface area contributed by atoms with Gasteiger partial charge in [0.05, 0.1) is 5.41 Å². The van der Waals surface area contributed by atoms with E-state index >= 15 is 0 Å². The van der Waals surface area contributed by atoms with Crippen LogP contribution in [0.5, 0.6) is 0 Å². The number of hydrogen-bond donors (Lipinski definition) is 0. The van der Waals surface area contributed by atoms with Crippen LogP contribution in [-0.4, -0.2) is 11.6 Å². The number of ketones is 2. The first-order chi connectivity index (χ1) is 11.0. The van der Waals surface area contributed by atoms with Gasteiger partial charge in [0.1, 0.15) is 11.6 Å². The van der Waals surface area contributed by atoms with Gasteiger partial charge in [-0.15, -0.1) is 0 Å². The van der Waals surface area contributed by atoms with E-state index < -0.39 is 5.41 Å². The van der Waals surface area contributed by atoms with Crippen LogP contribution in [0.2, 0.25) is 0 Å². The zero-order valence-electron chi connectivity index (χ0n) is 12.5. The lowest BCUT2D eigenvalue weighted by atomic mass is 9.88. The first kappa shape index (κ1) is 15.5. The fourth-order valence-electron chi connectivity index (χ4n) is 2.75. The van der Waals surface area contributed by atoms with E-state index in [1.54, 1.807) is 24.3 Å². The Hall–Kier alpha value is -2.36. The third-order valence-electron chi connectivity index (χ3n) is 4.37. The molecule has 0 saturated heterocycles. The molecular formula is C19H16F2O2. The van der Waals surface area contributed by atoms with Crippen molar-refractivity contribution in [2.75, 3.05) is 0 Å². The molecule has 0 unspecified atom stereocenters. The summed E-state index contributed by atoms with van der Waals surface area (Å²) >= 11 is 0. The molecule has 0 spiro atoms. The van der Waals surface area contributed by atoms with E-state index in [0.29, 0.717) is 24.0 Å². The zero-order chi connectivity index (χ0) is 16.4. The Morgan fingerprint density at radius 3 is 1.39 bits per heavy atom. The number of halogens is 2. The van der Waals surface area contributed by atoms with Gasteiger partial charge in [-0.1, -0.05) is 24.3 Å². The Bertz CT molecular complexity index is 667. The number of Topliss-reactive ketones (excluding diaryl/α,β-unsaturated/α-hetero) is 2. The molecule has 0 radical (unpaired) electrons. The van der Waals surface area contributed by atoms with E-state index in [2.05, 4.69) is 0 Å². The Labute approximate surface area is 133 Å². The molecule has 0 aromatic heterocycles. The molecule has 0 N–H and O–H groups in total. The Kier molecular flexibility index (Phi) is 4.07. The smallest absolute Gasteiger partial charge is 0.150 e. The Balaban J connectivity index is 1.68. The van der Waals surface area contributed by atoms with Crippen LogP contribution in [0.25, 0.3) is 0 Å². The van der Waals surface area contributed by atoms with Gasteiger partial charge in [-0.2, -0.15) is 0 Å². The third-order valence-corrected chi connectivity index (χ3v) is 4.37. The van der Waals surface area contributed by atoms with E-state index in [9.17, 15) is 18.4 Å². The summed E-state index contributed by atoms with van der Waals surface area (Å²) in [5.41, 5.74) is 0.512. The van der Waals surface area contributed by atoms with Crippen molar-refractivity contribution in [1.29, 1.82) is 0 Å². The molecule has 1 fully saturated rings. The van der Waals surface area contributed by atoms with E-state index in [4.69, 9.17) is 0 Å². The summed E-state index contributed by atoms with van der Waals surface area (Å²) in [6.07, 6.45) is 1.39. The Morgan fingerprint density at radius 2 is 1.09 bits per heavy atom. The maximum Gasteiger partial charge on any atom is 0.150 e. The lowest BCUT2D eigenvalue weighted by Gasteiger charge is -2.13. The van der Waals surface area contributed by atoms with Crippen molar-refractivity contribution >= 4 is 11.6 Å². The first-order valence-corrected chi connectivity index (χ1v) is 7.55. The molecular weight excluding hydrogens is 298 g/mol. The standard InChI is InChI=1S/C19H16F2O2/c20-15-5-1-13(2-6-15)11-17(22)19(9-10-19)18(23)12-14-3-7-16(21)8-4-14/h1-8H,9-12H2. The number of rotatable bonds is 6. The van der Waals surface area contributed by atoms with E-state index in [1.165, 1.54) is 24.3 Å². The average Bonchev–Trinajstić information content (AvgIpc) is 3.34. The first-order valence-electron chi connectivity index (χ1n) is 7.55. The fraction of sp³-hybridized carbons (Fsp3) is 0.263. The summed E-state index contributed by atoms with van der Waals surface area (Å²) in [7, 11) is 0. The SMILES string of the molecule is O=C(Cc1ccc(F)cc1)C1(C(=O)Cc2ccc(F)cc2)CC1. The van der Waals surface area contributed by atoms with Crippen LogP contribution < -0.4 is 0 Å². The second-order valence-electron chi connectivity index (χ2n) is 6.03. The molecule has 0 heterocycles. The molecule has 1 saturated carbocycles. The quantitative estimate of drug-likeness (QED) is 0.762. The maximum absolute atomic E-state index is 12.9. The number of carbonyl (C=O) groups is 2. The average molecular weight is 314 g/mol. The molecule has 0 bridgehead atoms. The van der Waals surface area contributed by atoms with E-state index in [0.717, 1.165) is 0 Å². The highest BCUT2D eigenvalue weighted by atomic mass is 19.1. The molecule has 1 aliphatic carbocycles. The molecule has 2 aromatic rings. The summed E-state index contributed by atoms with van der Waals surface area (Å²) in [6, 6.07) is 11.5. The Morgan fingerprint density at radius 1 is 0.739 bits per heavy atom. The largest absolute Gasteiger partial charge is 0.298 e. The van der Waals surface area contributed by atoms with Gasteiger partial charge in [-0.3, -0.25) is 9.59 Å². The van der Waals surface area contributed by atoms with Gasteiger partial charge in [0, 0.05) is 12.8 Å². The van der Waals surface area contributed by atoms with Crippen molar-refractivity contribution in [3.63, 3.8) is 0 Å². The van der Waals surface area contributed by atoms with Crippen LogP contribution in [0.4, 0.5) is 8.78 Å². The van der Waals surface area contributed by atoms with Crippen LogP contribution in [-0.2, 0) is 22.4 Å². The van der Waals surface area contributed by atoms with Gasteiger partial charge in [0.25, 0.3) is 0 Å². The van der Waals surface area contributed by atoms with Crippen molar-refractivity contribution in [3.8, 4) is 0 Å². The molecule has 2 aromatic carbocycles. The van der Waals surface area contributed by atoms with Gasteiger partial charge in [0.15, 0.2) is 11.6 Å². The van der Waals surface area contributed by atoms with Gasteiger partial charge < -0.3 is 0 Å². The van der Waals surface area contributed by atoms with Crippen molar-refractivity contribution < 1.29 is 18.4 Å². The third kappa shape index (κ3) is 3.36. The highest BCUT2D eigenvalue weighted by Crippen LogP contribution is 2.48. The van der Waals surface area contributed by atoms with Crippen LogP contribution in [0, 0.1) is 17.0 Å². The molecule has 0 atom stereocenters. The van der Waals surface area contributed by atoms with Crippen molar-refractivity contribution in [2.24, 2.45) is 5.41 Å². The summed E-state index contributed by atoms with van der Waals surface area (Å²) < 4.78 is 25.8. The van der Waals surface area contributed by atoms with Crippen LogP contribution in [0.15, 0.2) is 48.5 Å². The summed E-state index contributed by atoms with van der Waals surface area (Å²) in [5.74, 6) is -0.933. The minimum Gasteiger partial charge on any atom is -0.298 e. The number of hydrogen-bond acceptors (Lipinski definition) is 2. The van der Waals surface area contributed by atoms with Crippen molar-refractivity contribution in [3.05, 3.63) is 71.3 Å². The van der Waals surface area contributed by atoms with Crippen LogP contribution >= 0.6 is 0 Å². The molecule has 3 rings (SSSR count). The normalized spacial score (nSPS) is 15.2. The van der Waals surface area contributed by atoms with E-state index in [1.807, 2.05) is 0 Å². The molecule has 2 nitrogen and oxygen atoms in total. The minimum atomic E-state index is -0.900. The molecule has 1 aliphatic rings. The number of carbonyl (C=O) groups excluding carboxylic acids is 2. The molecule has 0 amide bonds.